The van der Waals surface area contributed by atoms with Crippen molar-refractivity contribution in [3.63, 3.8) is 0 Å². The molecule has 9 nitrogen and oxygen atoms in total. The van der Waals surface area contributed by atoms with Crippen molar-refractivity contribution >= 4 is 17.5 Å². The molecule has 0 aromatic heterocycles. The summed E-state index contributed by atoms with van der Waals surface area (Å²) in [5, 5.41) is 14.9. The van der Waals surface area contributed by atoms with E-state index in [1.54, 1.807) is 24.3 Å². The molecule has 0 radical (unpaired) electrons. The molecule has 4 aromatic rings. The second-order valence-corrected chi connectivity index (χ2v) is 14.0. The van der Waals surface area contributed by atoms with Crippen molar-refractivity contribution in [3.8, 4) is 0 Å². The van der Waals surface area contributed by atoms with Crippen LogP contribution in [0.3, 0.4) is 0 Å². The summed E-state index contributed by atoms with van der Waals surface area (Å²) in [7, 11) is 0. The van der Waals surface area contributed by atoms with Gasteiger partial charge in [-0.2, -0.15) is 0 Å². The van der Waals surface area contributed by atoms with Gasteiger partial charge in [-0.3, -0.25) is 9.59 Å². The Kier molecular flexibility index (Phi) is 10.7. The van der Waals surface area contributed by atoms with Gasteiger partial charge in [-0.1, -0.05) is 73.7 Å². The summed E-state index contributed by atoms with van der Waals surface area (Å²) in [6.45, 7) is 4.09. The zero-order valence-electron chi connectivity index (χ0n) is 29.3. The van der Waals surface area contributed by atoms with E-state index in [9.17, 15) is 36.6 Å². The molecule has 4 unspecified atom stereocenters. The molecule has 3 aliphatic rings. The molecule has 14 heteroatoms. The van der Waals surface area contributed by atoms with Gasteiger partial charge in [-0.25, -0.2) is 22.0 Å². The monoisotopic (exact) mass is 750 g/mol. The van der Waals surface area contributed by atoms with Crippen molar-refractivity contribution in [2.75, 3.05) is 31.2 Å². The minimum atomic E-state index is -2.34. The lowest BCUT2D eigenvalue weighted by Gasteiger charge is -2.46. The van der Waals surface area contributed by atoms with Gasteiger partial charge in [0.25, 0.3) is 5.91 Å². The Morgan fingerprint density at radius 1 is 0.833 bits per heavy atom. The van der Waals surface area contributed by atoms with Crippen LogP contribution in [-0.2, 0) is 27.4 Å². The average Bonchev–Trinajstić information content (AvgIpc) is 3.51. The van der Waals surface area contributed by atoms with Crippen LogP contribution in [0.2, 0.25) is 0 Å². The number of carbonyl (C=O) groups is 2. The van der Waals surface area contributed by atoms with Crippen LogP contribution in [0.15, 0.2) is 78.9 Å². The number of nitrogens with one attached hydrogen (secondary N) is 2. The highest BCUT2D eigenvalue weighted by atomic mass is 19.2. The number of rotatable bonds is 9. The van der Waals surface area contributed by atoms with Gasteiger partial charge in [0, 0.05) is 43.3 Å². The van der Waals surface area contributed by atoms with Crippen LogP contribution in [-0.4, -0.2) is 59.8 Å². The zero-order valence-corrected chi connectivity index (χ0v) is 29.3. The lowest BCUT2D eigenvalue weighted by Crippen LogP contribution is -2.57. The Bertz CT molecular complexity index is 1970. The van der Waals surface area contributed by atoms with Crippen LogP contribution >= 0.6 is 0 Å². The summed E-state index contributed by atoms with van der Waals surface area (Å²) in [5.74, 6) is -12.7. The first kappa shape index (κ1) is 37.4. The fraction of sp³-hybridized carbons (Fsp3) is 0.350. The van der Waals surface area contributed by atoms with E-state index < -0.39 is 52.4 Å². The number of hydrogen-bond donors (Lipinski definition) is 3. The van der Waals surface area contributed by atoms with Crippen molar-refractivity contribution in [1.82, 2.24) is 15.5 Å². The first-order valence-electron chi connectivity index (χ1n) is 17.7. The van der Waals surface area contributed by atoms with Crippen molar-refractivity contribution < 1.29 is 46.1 Å². The van der Waals surface area contributed by atoms with Crippen molar-refractivity contribution in [2.24, 2.45) is 5.92 Å². The third-order valence-corrected chi connectivity index (χ3v) is 10.8. The third-order valence-electron chi connectivity index (χ3n) is 10.8. The lowest BCUT2D eigenvalue weighted by molar-refractivity contribution is -0.276. The summed E-state index contributed by atoms with van der Waals surface area (Å²) in [5.41, 5.74) is 1.61. The van der Waals surface area contributed by atoms with Gasteiger partial charge >= 0.3 is 0 Å². The number of piperidine rings is 1. The molecule has 3 aliphatic heterocycles. The number of amides is 2. The number of aliphatic hydroxyl groups excluding tert-OH is 1. The number of ether oxygens (including phenoxy) is 2. The molecule has 3 saturated heterocycles. The molecule has 0 saturated carbocycles. The normalized spacial score (nSPS) is 22.7. The van der Waals surface area contributed by atoms with Crippen LogP contribution in [0.25, 0.3) is 0 Å². The summed E-state index contributed by atoms with van der Waals surface area (Å²) in [6, 6.07) is 24.1. The number of hydrogen-bond acceptors (Lipinski definition) is 7. The van der Waals surface area contributed by atoms with Gasteiger partial charge in [-0.05, 0) is 41.7 Å². The molecule has 2 amide bonds. The quantitative estimate of drug-likeness (QED) is 0.109. The number of likely N-dealkylation sites (tertiary alicyclic amines) is 1. The number of nitrogens with zero attached hydrogens (tertiary/aromatic N) is 2. The number of benzene rings is 4. The molecule has 3 fully saturated rings. The first-order chi connectivity index (χ1) is 26.0. The summed E-state index contributed by atoms with van der Waals surface area (Å²) < 4.78 is 82.3. The predicted molar refractivity (Wildman–Crippen MR) is 187 cm³/mol. The third kappa shape index (κ3) is 7.06. The van der Waals surface area contributed by atoms with Gasteiger partial charge in [-0.15, -0.1) is 0 Å². The van der Waals surface area contributed by atoms with Gasteiger partial charge in [0.05, 0.1) is 25.5 Å². The van der Waals surface area contributed by atoms with Crippen LogP contribution in [0.4, 0.5) is 27.6 Å². The standard InChI is InChI=1S/C40H39F5N4O5/c1-23-29(20-48-17-15-40(16-18-48)39(52)47-22-49(40)28-5-3-2-4-6-28)53-38(54-36(23)26-11-9-25(21-50)10-12-26)27-13-7-24(8-14-27)19-46-37(51)30-31(41)33(43)35(45)34(44)32(30)42/h2-14,23,29,36,38,50H,15-22H2,1H3,(H,46,51)(H,47,52). The molecule has 7 rings (SSSR count). The average molecular weight is 751 g/mol. The lowest BCUT2D eigenvalue weighted by atomic mass is 9.84. The van der Waals surface area contributed by atoms with E-state index in [-0.39, 0.29) is 37.2 Å². The van der Waals surface area contributed by atoms with Crippen LogP contribution in [0.1, 0.15) is 64.8 Å². The highest BCUT2D eigenvalue weighted by Gasteiger charge is 2.51. The molecule has 0 aliphatic carbocycles. The minimum Gasteiger partial charge on any atom is -0.392 e. The van der Waals surface area contributed by atoms with Crippen molar-refractivity contribution in [2.45, 2.75) is 57.0 Å². The second kappa shape index (κ2) is 15.5. The first-order valence-corrected chi connectivity index (χ1v) is 17.7. The Morgan fingerprint density at radius 2 is 1.43 bits per heavy atom. The van der Waals surface area contributed by atoms with E-state index >= 15 is 0 Å². The van der Waals surface area contributed by atoms with E-state index in [2.05, 4.69) is 27.4 Å². The maximum absolute atomic E-state index is 14.2. The zero-order chi connectivity index (χ0) is 38.1. The van der Waals surface area contributed by atoms with Crippen LogP contribution < -0.4 is 15.5 Å². The van der Waals surface area contributed by atoms with Crippen LogP contribution in [0.5, 0.6) is 0 Å². The Balaban J connectivity index is 1.06. The number of para-hydroxylation sites is 1. The number of aliphatic hydroxyl groups is 1. The molecule has 4 atom stereocenters. The summed E-state index contributed by atoms with van der Waals surface area (Å²) in [6.07, 6.45) is -0.196. The summed E-state index contributed by atoms with van der Waals surface area (Å²) in [4.78, 5) is 30.2. The Labute approximate surface area is 308 Å². The highest BCUT2D eigenvalue weighted by Crippen LogP contribution is 2.43. The molecular weight excluding hydrogens is 711 g/mol. The van der Waals surface area contributed by atoms with E-state index in [0.717, 1.165) is 16.8 Å². The molecule has 284 valence electrons. The fourth-order valence-corrected chi connectivity index (χ4v) is 7.59. The Hall–Kier alpha value is -4.89. The van der Waals surface area contributed by atoms with Gasteiger partial charge in [0.1, 0.15) is 11.1 Å². The predicted octanol–water partition coefficient (Wildman–Crippen LogP) is 6.02. The number of carbonyl (C=O) groups excluding carboxylic acids is 2. The maximum Gasteiger partial charge on any atom is 0.257 e. The molecule has 1 spiro atoms. The molecule has 4 aromatic carbocycles. The molecule has 3 N–H and O–H groups in total. The minimum absolute atomic E-state index is 0.0359. The topological polar surface area (TPSA) is 103 Å². The Morgan fingerprint density at radius 3 is 2.06 bits per heavy atom. The number of anilines is 1. The molecule has 54 heavy (non-hydrogen) atoms. The SMILES string of the molecule is CC1C(CN2CCC3(CC2)C(=O)NCN3c2ccccc2)OC(c2ccc(CNC(=O)c3c(F)c(F)c(F)c(F)c3F)cc2)OC1c1ccc(CO)cc1. The maximum atomic E-state index is 14.2. The van der Waals surface area contributed by atoms with Crippen molar-refractivity contribution in [3.05, 3.63) is 136 Å². The molecule has 3 heterocycles. The van der Waals surface area contributed by atoms with E-state index in [4.69, 9.17) is 9.47 Å². The van der Waals surface area contributed by atoms with Gasteiger partial charge in [0.2, 0.25) is 11.7 Å². The van der Waals surface area contributed by atoms with Crippen LogP contribution in [0, 0.1) is 35.0 Å². The molecular formula is C40H39F5N4O5. The smallest absolute Gasteiger partial charge is 0.257 e. The van der Waals surface area contributed by atoms with E-state index in [0.29, 0.717) is 50.3 Å². The van der Waals surface area contributed by atoms with Crippen molar-refractivity contribution in [1.29, 1.82) is 0 Å². The largest absolute Gasteiger partial charge is 0.392 e. The highest BCUT2D eigenvalue weighted by molar-refractivity contribution is 5.95. The van der Waals surface area contributed by atoms with Gasteiger partial charge < -0.3 is 35.0 Å². The number of halogens is 5. The second-order valence-electron chi connectivity index (χ2n) is 14.0. The summed E-state index contributed by atoms with van der Waals surface area (Å²) >= 11 is 0. The van der Waals surface area contributed by atoms with E-state index in [1.165, 1.54) is 0 Å². The fourth-order valence-electron chi connectivity index (χ4n) is 7.59. The molecule has 0 bridgehead atoms. The van der Waals surface area contributed by atoms with E-state index in [1.807, 2.05) is 54.6 Å². The van der Waals surface area contributed by atoms with Gasteiger partial charge in [0.15, 0.2) is 29.6 Å².